The van der Waals surface area contributed by atoms with Crippen LogP contribution >= 0.6 is 0 Å². The number of carbonyl (C=O) groups is 1. The van der Waals surface area contributed by atoms with Crippen molar-refractivity contribution in [1.29, 1.82) is 0 Å². The van der Waals surface area contributed by atoms with Gasteiger partial charge in [0.05, 0.1) is 6.61 Å². The Bertz CT molecular complexity index is 358. The third-order valence-electron chi connectivity index (χ3n) is 2.29. The fourth-order valence-electron chi connectivity index (χ4n) is 1.43. The van der Waals surface area contributed by atoms with Gasteiger partial charge in [0.1, 0.15) is 0 Å². The van der Waals surface area contributed by atoms with Crippen molar-refractivity contribution in [3.05, 3.63) is 17.0 Å². The molecule has 0 fully saturated rings. The average Bonchev–Trinajstić information content (AvgIpc) is 2.47. The molecule has 15 heavy (non-hydrogen) atoms. The van der Waals surface area contributed by atoms with Gasteiger partial charge in [-0.15, -0.1) is 0 Å². The number of esters is 1. The largest absolute Gasteiger partial charge is 0.461 e. The Labute approximate surface area is 88.7 Å². The summed E-state index contributed by atoms with van der Waals surface area (Å²) in [7, 11) is 1.76. The van der Waals surface area contributed by atoms with E-state index in [4.69, 9.17) is 9.84 Å². The molecule has 0 aliphatic rings. The smallest absolute Gasteiger partial charge is 0.359 e. The van der Waals surface area contributed by atoms with Crippen LogP contribution in [0.25, 0.3) is 0 Å². The zero-order chi connectivity index (χ0) is 11.4. The van der Waals surface area contributed by atoms with Crippen LogP contribution in [0.2, 0.25) is 0 Å². The highest BCUT2D eigenvalue weighted by atomic mass is 16.5. The van der Waals surface area contributed by atoms with Crippen LogP contribution < -0.4 is 0 Å². The number of aliphatic hydroxyl groups is 1. The van der Waals surface area contributed by atoms with Crippen molar-refractivity contribution in [3.8, 4) is 0 Å². The van der Waals surface area contributed by atoms with Crippen molar-refractivity contribution in [2.45, 2.75) is 20.3 Å². The second-order valence-corrected chi connectivity index (χ2v) is 3.23. The number of ether oxygens (including phenoxy) is 1. The maximum atomic E-state index is 11.5. The first kappa shape index (κ1) is 11.7. The molecule has 0 atom stereocenters. The van der Waals surface area contributed by atoms with Gasteiger partial charge in [-0.2, -0.15) is 5.10 Å². The maximum absolute atomic E-state index is 11.5. The predicted octanol–water partition coefficient (Wildman–Crippen LogP) is 0.440. The summed E-state index contributed by atoms with van der Waals surface area (Å²) < 4.78 is 6.51. The minimum atomic E-state index is -0.426. The number of aliphatic hydroxyl groups excluding tert-OH is 1. The Hall–Kier alpha value is -1.36. The Morgan fingerprint density at radius 1 is 1.60 bits per heavy atom. The molecule has 1 aromatic heterocycles. The SMILES string of the molecule is CCOC(=O)c1nn(C)c(C)c1CCO. The Morgan fingerprint density at radius 3 is 2.80 bits per heavy atom. The summed E-state index contributed by atoms with van der Waals surface area (Å²) in [6.07, 6.45) is 0.424. The number of nitrogens with zero attached hydrogens (tertiary/aromatic N) is 2. The third kappa shape index (κ3) is 2.36. The highest BCUT2D eigenvalue weighted by Gasteiger charge is 2.19. The van der Waals surface area contributed by atoms with Crippen LogP contribution in [0, 0.1) is 6.92 Å². The molecule has 1 rings (SSSR count). The van der Waals surface area contributed by atoms with Crippen molar-refractivity contribution in [1.82, 2.24) is 9.78 Å². The van der Waals surface area contributed by atoms with Gasteiger partial charge in [0.15, 0.2) is 5.69 Å². The van der Waals surface area contributed by atoms with Gasteiger partial charge < -0.3 is 9.84 Å². The standard InChI is InChI=1S/C10H16N2O3/c1-4-15-10(14)9-8(5-6-13)7(2)12(3)11-9/h13H,4-6H2,1-3H3. The normalized spacial score (nSPS) is 10.4. The first-order chi connectivity index (χ1) is 7.11. The minimum Gasteiger partial charge on any atom is -0.461 e. The summed E-state index contributed by atoms with van der Waals surface area (Å²) >= 11 is 0. The van der Waals surface area contributed by atoms with Gasteiger partial charge >= 0.3 is 5.97 Å². The molecule has 0 radical (unpaired) electrons. The molecule has 0 amide bonds. The van der Waals surface area contributed by atoms with E-state index in [2.05, 4.69) is 5.10 Å². The lowest BCUT2D eigenvalue weighted by Crippen LogP contribution is -2.09. The molecule has 5 heteroatoms. The zero-order valence-electron chi connectivity index (χ0n) is 9.28. The number of hydrogen-bond acceptors (Lipinski definition) is 4. The molecule has 0 aromatic carbocycles. The van der Waals surface area contributed by atoms with Crippen LogP contribution in [-0.4, -0.2) is 34.1 Å². The van der Waals surface area contributed by atoms with Crippen molar-refractivity contribution in [2.75, 3.05) is 13.2 Å². The first-order valence-electron chi connectivity index (χ1n) is 4.92. The number of rotatable bonds is 4. The molecule has 0 aliphatic heterocycles. The van der Waals surface area contributed by atoms with Gasteiger partial charge in [-0.25, -0.2) is 4.79 Å². The number of aryl methyl sites for hydroxylation is 1. The molecule has 5 nitrogen and oxygen atoms in total. The van der Waals surface area contributed by atoms with E-state index >= 15 is 0 Å². The second kappa shape index (κ2) is 4.93. The van der Waals surface area contributed by atoms with E-state index in [1.165, 1.54) is 0 Å². The van der Waals surface area contributed by atoms with Crippen molar-refractivity contribution >= 4 is 5.97 Å². The molecule has 0 unspecified atom stereocenters. The van der Waals surface area contributed by atoms with Crippen LogP contribution in [0.15, 0.2) is 0 Å². The first-order valence-corrected chi connectivity index (χ1v) is 4.92. The van der Waals surface area contributed by atoms with E-state index in [1.807, 2.05) is 6.92 Å². The molecule has 1 heterocycles. The van der Waals surface area contributed by atoms with E-state index in [0.717, 1.165) is 11.3 Å². The third-order valence-corrected chi connectivity index (χ3v) is 2.29. The lowest BCUT2D eigenvalue weighted by molar-refractivity contribution is 0.0517. The Morgan fingerprint density at radius 2 is 2.27 bits per heavy atom. The number of carbonyl (C=O) groups excluding carboxylic acids is 1. The molecule has 0 saturated heterocycles. The van der Waals surface area contributed by atoms with Crippen LogP contribution in [0.5, 0.6) is 0 Å². The lowest BCUT2D eigenvalue weighted by atomic mass is 10.1. The molecule has 1 aromatic rings. The number of hydrogen-bond donors (Lipinski definition) is 1. The quantitative estimate of drug-likeness (QED) is 0.735. The van der Waals surface area contributed by atoms with Crippen LogP contribution in [0.1, 0.15) is 28.7 Å². The summed E-state index contributed by atoms with van der Waals surface area (Å²) in [5, 5.41) is 13.0. The maximum Gasteiger partial charge on any atom is 0.359 e. The molecule has 0 aliphatic carbocycles. The van der Waals surface area contributed by atoms with Gasteiger partial charge in [0.2, 0.25) is 0 Å². The van der Waals surface area contributed by atoms with Gasteiger partial charge in [0.25, 0.3) is 0 Å². The topological polar surface area (TPSA) is 64.3 Å². The van der Waals surface area contributed by atoms with Gasteiger partial charge in [-0.1, -0.05) is 0 Å². The van der Waals surface area contributed by atoms with E-state index in [-0.39, 0.29) is 6.61 Å². The van der Waals surface area contributed by atoms with Crippen molar-refractivity contribution < 1.29 is 14.6 Å². The number of aromatic nitrogens is 2. The Kier molecular flexibility index (Phi) is 3.85. The average molecular weight is 212 g/mol. The Balaban J connectivity index is 3.05. The van der Waals surface area contributed by atoms with Crippen molar-refractivity contribution in [2.24, 2.45) is 7.05 Å². The highest BCUT2D eigenvalue weighted by molar-refractivity contribution is 5.89. The molecular weight excluding hydrogens is 196 g/mol. The molecule has 0 spiro atoms. The van der Waals surface area contributed by atoms with Gasteiger partial charge in [0, 0.05) is 24.9 Å². The van der Waals surface area contributed by atoms with Crippen molar-refractivity contribution in [3.63, 3.8) is 0 Å². The van der Waals surface area contributed by atoms with E-state index in [9.17, 15) is 4.79 Å². The van der Waals surface area contributed by atoms with E-state index in [1.54, 1.807) is 18.7 Å². The lowest BCUT2D eigenvalue weighted by Gasteiger charge is -2.01. The fraction of sp³-hybridized carbons (Fsp3) is 0.600. The molecule has 84 valence electrons. The summed E-state index contributed by atoms with van der Waals surface area (Å²) in [5.41, 5.74) is 1.96. The summed E-state index contributed by atoms with van der Waals surface area (Å²) in [6, 6.07) is 0. The van der Waals surface area contributed by atoms with Gasteiger partial charge in [-0.05, 0) is 20.3 Å². The second-order valence-electron chi connectivity index (χ2n) is 3.23. The molecular formula is C10H16N2O3. The van der Waals surface area contributed by atoms with Crippen LogP contribution in [0.4, 0.5) is 0 Å². The summed E-state index contributed by atoms with van der Waals surface area (Å²) in [6.45, 7) is 3.94. The molecule has 0 bridgehead atoms. The van der Waals surface area contributed by atoms with E-state index < -0.39 is 5.97 Å². The molecule has 1 N–H and O–H groups in total. The molecule has 0 saturated carbocycles. The van der Waals surface area contributed by atoms with Crippen LogP contribution in [0.3, 0.4) is 0 Å². The van der Waals surface area contributed by atoms with Crippen LogP contribution in [-0.2, 0) is 18.2 Å². The monoisotopic (exact) mass is 212 g/mol. The van der Waals surface area contributed by atoms with Gasteiger partial charge in [-0.3, -0.25) is 4.68 Å². The predicted molar refractivity (Wildman–Crippen MR) is 54.7 cm³/mol. The highest BCUT2D eigenvalue weighted by Crippen LogP contribution is 2.14. The fourth-order valence-corrected chi connectivity index (χ4v) is 1.43. The summed E-state index contributed by atoms with van der Waals surface area (Å²) in [4.78, 5) is 11.5. The van der Waals surface area contributed by atoms with E-state index in [0.29, 0.717) is 18.7 Å². The minimum absolute atomic E-state index is 0.00105. The summed E-state index contributed by atoms with van der Waals surface area (Å²) in [5.74, 6) is -0.426. The zero-order valence-corrected chi connectivity index (χ0v) is 9.28.